The van der Waals surface area contributed by atoms with E-state index in [0.29, 0.717) is 18.3 Å². The molecule has 1 saturated carbocycles. The van der Waals surface area contributed by atoms with Crippen molar-refractivity contribution in [3.63, 3.8) is 0 Å². The van der Waals surface area contributed by atoms with E-state index in [-0.39, 0.29) is 30.9 Å². The van der Waals surface area contributed by atoms with Gasteiger partial charge in [0.2, 0.25) is 0 Å². The molecule has 1 saturated heterocycles. The highest BCUT2D eigenvalue weighted by atomic mass is 35.5. The topological polar surface area (TPSA) is 98.7 Å². The van der Waals surface area contributed by atoms with Crippen LogP contribution < -0.4 is 10.2 Å². The number of hydrogen-bond acceptors (Lipinski definition) is 5. The third-order valence-electron chi connectivity index (χ3n) is 6.34. The van der Waals surface area contributed by atoms with Gasteiger partial charge in [-0.15, -0.1) is 12.4 Å². The van der Waals surface area contributed by atoms with Gasteiger partial charge in [0.25, 0.3) is 0 Å². The summed E-state index contributed by atoms with van der Waals surface area (Å²) in [5, 5.41) is 12.2. The van der Waals surface area contributed by atoms with Gasteiger partial charge in [0.1, 0.15) is 0 Å². The average Bonchev–Trinajstić information content (AvgIpc) is 2.93. The fraction of sp³-hybridized carbons (Fsp3) is 0.700. The lowest BCUT2D eigenvalue weighted by Gasteiger charge is -2.34. The Morgan fingerprint density at radius 3 is 2.59 bits per heavy atom. The zero-order valence-corrected chi connectivity index (χ0v) is 17.5. The molecule has 2 fully saturated rings. The molecule has 1 aromatic rings. The minimum atomic E-state index is -0.717. The Bertz CT molecular complexity index is 739. The second-order valence-electron chi connectivity index (χ2n) is 8.11. The Hall–Kier alpha value is -1.93. The molecule has 0 spiro atoms. The number of fused-ring (bicyclic) bond motifs is 1. The maximum Gasteiger partial charge on any atom is 0.326 e. The highest BCUT2D eigenvalue weighted by molar-refractivity contribution is 5.93. The third kappa shape index (κ3) is 4.98. The number of amides is 2. The lowest BCUT2D eigenvalue weighted by molar-refractivity contribution is -0.137. The summed E-state index contributed by atoms with van der Waals surface area (Å²) in [5.41, 5.74) is 2.05. The van der Waals surface area contributed by atoms with Crippen molar-refractivity contribution in [3.8, 4) is 0 Å². The smallest absolute Gasteiger partial charge is 0.326 e. The standard InChI is InChI=1S/C20H29N5O3.ClH/c26-19(27)6-3-14-1-4-15(5-2-14)24-11-12-25(20(24)28)18-13-22-16-7-9-21-10-8-17(16)23-18;/h13-15,21H,1-12H2,(H,26,27);1H. The number of halogens is 1. The van der Waals surface area contributed by atoms with Gasteiger partial charge in [-0.05, 0) is 38.0 Å². The van der Waals surface area contributed by atoms with Gasteiger partial charge in [0.15, 0.2) is 5.82 Å². The van der Waals surface area contributed by atoms with Crippen LogP contribution in [-0.4, -0.2) is 64.2 Å². The SMILES string of the molecule is Cl.O=C(O)CCC1CCC(N2CCN(c3cnc4c(n3)CCNCC4)C2=O)CC1. The molecule has 0 atom stereocenters. The van der Waals surface area contributed by atoms with Crippen LogP contribution in [0.4, 0.5) is 10.6 Å². The first kappa shape index (κ1) is 21.8. The van der Waals surface area contributed by atoms with Gasteiger partial charge in [-0.25, -0.2) is 9.78 Å². The number of carboxylic acids is 1. The molecule has 0 unspecified atom stereocenters. The minimum absolute atomic E-state index is 0. The first-order valence-electron chi connectivity index (χ1n) is 10.5. The first-order valence-corrected chi connectivity index (χ1v) is 10.5. The van der Waals surface area contributed by atoms with E-state index < -0.39 is 5.97 Å². The Morgan fingerprint density at radius 2 is 1.86 bits per heavy atom. The van der Waals surface area contributed by atoms with E-state index in [0.717, 1.165) is 76.0 Å². The van der Waals surface area contributed by atoms with Crippen LogP contribution in [-0.2, 0) is 17.6 Å². The highest BCUT2D eigenvalue weighted by Gasteiger charge is 2.37. The van der Waals surface area contributed by atoms with E-state index in [1.54, 1.807) is 11.1 Å². The fourth-order valence-electron chi connectivity index (χ4n) is 4.70. The Labute approximate surface area is 177 Å². The lowest BCUT2D eigenvalue weighted by Crippen LogP contribution is -2.41. The van der Waals surface area contributed by atoms with Crippen molar-refractivity contribution in [2.45, 2.75) is 57.4 Å². The first-order chi connectivity index (χ1) is 13.6. The van der Waals surface area contributed by atoms with E-state index in [9.17, 15) is 9.59 Å². The summed E-state index contributed by atoms with van der Waals surface area (Å²) in [7, 11) is 0. The zero-order chi connectivity index (χ0) is 19.5. The molecule has 0 aromatic carbocycles. The molecule has 2 N–H and O–H groups in total. The quantitative estimate of drug-likeness (QED) is 0.753. The van der Waals surface area contributed by atoms with Crippen molar-refractivity contribution in [3.05, 3.63) is 17.6 Å². The molecule has 0 bridgehead atoms. The third-order valence-corrected chi connectivity index (χ3v) is 6.34. The van der Waals surface area contributed by atoms with Crippen LogP contribution in [0.5, 0.6) is 0 Å². The van der Waals surface area contributed by atoms with Crippen LogP contribution in [0.1, 0.15) is 49.9 Å². The number of carbonyl (C=O) groups excluding carboxylic acids is 1. The van der Waals surface area contributed by atoms with E-state index >= 15 is 0 Å². The number of urea groups is 1. The number of nitrogens with zero attached hydrogens (tertiary/aromatic N) is 4. The molecule has 9 heteroatoms. The van der Waals surface area contributed by atoms with Gasteiger partial charge in [-0.3, -0.25) is 14.7 Å². The van der Waals surface area contributed by atoms with Crippen LogP contribution in [0.25, 0.3) is 0 Å². The van der Waals surface area contributed by atoms with Crippen LogP contribution in [0.3, 0.4) is 0 Å². The molecule has 4 rings (SSSR count). The predicted octanol–water partition coefficient (Wildman–Crippen LogP) is 2.25. The molecule has 2 amide bonds. The number of carbonyl (C=O) groups is 2. The maximum absolute atomic E-state index is 13.0. The molecule has 3 heterocycles. The highest BCUT2D eigenvalue weighted by Crippen LogP contribution is 2.32. The molecular formula is C20H30ClN5O3. The number of rotatable bonds is 5. The Morgan fingerprint density at radius 1 is 1.14 bits per heavy atom. The van der Waals surface area contributed by atoms with Crippen molar-refractivity contribution in [1.82, 2.24) is 20.2 Å². The molecule has 3 aliphatic rings. The normalized spacial score (nSPS) is 24.6. The summed E-state index contributed by atoms with van der Waals surface area (Å²) < 4.78 is 0. The molecule has 29 heavy (non-hydrogen) atoms. The van der Waals surface area contributed by atoms with Gasteiger partial charge >= 0.3 is 12.0 Å². The van der Waals surface area contributed by atoms with Crippen molar-refractivity contribution in [2.24, 2.45) is 5.92 Å². The van der Waals surface area contributed by atoms with Crippen molar-refractivity contribution < 1.29 is 14.7 Å². The summed E-state index contributed by atoms with van der Waals surface area (Å²) >= 11 is 0. The second-order valence-corrected chi connectivity index (χ2v) is 8.11. The lowest BCUT2D eigenvalue weighted by atomic mass is 9.83. The van der Waals surface area contributed by atoms with Crippen LogP contribution >= 0.6 is 12.4 Å². The average molecular weight is 424 g/mol. The molecular weight excluding hydrogens is 394 g/mol. The number of aromatic nitrogens is 2. The van der Waals surface area contributed by atoms with Gasteiger partial charge < -0.3 is 15.3 Å². The van der Waals surface area contributed by atoms with Crippen molar-refractivity contribution in [1.29, 1.82) is 0 Å². The molecule has 0 radical (unpaired) electrons. The van der Waals surface area contributed by atoms with Gasteiger partial charge in [0, 0.05) is 51.5 Å². The van der Waals surface area contributed by atoms with E-state index in [1.165, 1.54) is 0 Å². The molecule has 2 aliphatic heterocycles. The van der Waals surface area contributed by atoms with E-state index in [2.05, 4.69) is 10.3 Å². The van der Waals surface area contributed by atoms with Crippen molar-refractivity contribution in [2.75, 3.05) is 31.1 Å². The van der Waals surface area contributed by atoms with E-state index in [4.69, 9.17) is 10.1 Å². The summed E-state index contributed by atoms with van der Waals surface area (Å²) in [6.45, 7) is 3.20. The molecule has 8 nitrogen and oxygen atoms in total. The zero-order valence-electron chi connectivity index (χ0n) is 16.7. The fourth-order valence-corrected chi connectivity index (χ4v) is 4.70. The van der Waals surface area contributed by atoms with Crippen LogP contribution in [0.2, 0.25) is 0 Å². The van der Waals surface area contributed by atoms with Crippen LogP contribution in [0, 0.1) is 5.92 Å². The molecule has 160 valence electrons. The van der Waals surface area contributed by atoms with Gasteiger partial charge in [-0.1, -0.05) is 0 Å². The molecule has 1 aromatic heterocycles. The Kier molecular flexibility index (Phi) is 7.29. The summed E-state index contributed by atoms with van der Waals surface area (Å²) in [6, 6.07) is 0.298. The van der Waals surface area contributed by atoms with Crippen LogP contribution in [0.15, 0.2) is 6.20 Å². The van der Waals surface area contributed by atoms with Crippen molar-refractivity contribution >= 4 is 30.2 Å². The number of hydrogen-bond donors (Lipinski definition) is 2. The second kappa shape index (κ2) is 9.71. The summed E-state index contributed by atoms with van der Waals surface area (Å²) in [4.78, 5) is 36.9. The number of aliphatic carboxylic acids is 1. The van der Waals surface area contributed by atoms with Gasteiger partial charge in [-0.2, -0.15) is 0 Å². The van der Waals surface area contributed by atoms with Gasteiger partial charge in [0.05, 0.1) is 17.6 Å². The number of anilines is 1. The largest absolute Gasteiger partial charge is 0.481 e. The monoisotopic (exact) mass is 423 g/mol. The Balaban J connectivity index is 0.00000240. The summed E-state index contributed by atoms with van der Waals surface area (Å²) in [5.74, 6) is 0.429. The number of carboxylic acid groups (broad SMARTS) is 1. The van der Waals surface area contributed by atoms with E-state index in [1.807, 2.05) is 4.90 Å². The predicted molar refractivity (Wildman–Crippen MR) is 112 cm³/mol. The summed E-state index contributed by atoms with van der Waals surface area (Å²) in [6.07, 6.45) is 8.42. The molecule has 1 aliphatic carbocycles. The maximum atomic E-state index is 13.0. The number of nitrogens with one attached hydrogen (secondary N) is 1. The minimum Gasteiger partial charge on any atom is -0.481 e.